The molecule has 0 aromatic carbocycles. The molecule has 1 heterocycles. The minimum absolute atomic E-state index is 0.114. The smallest absolute Gasteiger partial charge is 0.478 e. The molecule has 0 fully saturated rings. The molecule has 94 valence electrons. The highest BCUT2D eigenvalue weighted by Gasteiger charge is 2.33. The zero-order chi connectivity index (χ0) is 13.2. The number of hydrogen-bond acceptors (Lipinski definition) is 3. The van der Waals surface area contributed by atoms with Crippen LogP contribution in [-0.4, -0.2) is 22.4 Å². The van der Waals surface area contributed by atoms with E-state index < -0.39 is 36.0 Å². The Hall–Kier alpha value is -1.13. The van der Waals surface area contributed by atoms with Crippen LogP contribution < -0.4 is 4.74 Å². The molecule has 1 N–H and O–H groups in total. The fraction of sp³-hybridized carbons (Fsp3) is 0.250. The van der Waals surface area contributed by atoms with E-state index in [1.54, 1.807) is 0 Å². The third-order valence-electron chi connectivity index (χ3n) is 1.60. The quantitative estimate of drug-likeness (QED) is 0.509. The lowest BCUT2D eigenvalue weighted by Gasteiger charge is -2.12. The highest BCUT2D eigenvalue weighted by Crippen LogP contribution is 2.28. The van der Waals surface area contributed by atoms with E-state index in [9.17, 15) is 22.4 Å². The second-order valence-electron chi connectivity index (χ2n) is 2.76. The van der Waals surface area contributed by atoms with E-state index in [-0.39, 0.29) is 3.70 Å². The Balaban J connectivity index is 3.26. The summed E-state index contributed by atoms with van der Waals surface area (Å²) < 4.78 is 51.7. The van der Waals surface area contributed by atoms with Crippen LogP contribution in [0.15, 0.2) is 6.07 Å². The maximum atomic E-state index is 12.4. The molecular weight excluding hydrogens is 361 g/mol. The standard InChI is InChI=1S/C8H4F4INO3/c9-2-4-5(17-8(10,11)12)1-3(7(15)16)6(13)14-4/h1H,2H2,(H,15,16). The first-order valence-electron chi connectivity index (χ1n) is 3.99. The third kappa shape index (κ3) is 3.68. The maximum Gasteiger partial charge on any atom is 0.573 e. The SMILES string of the molecule is O=C(O)c1cc(OC(F)(F)F)c(CF)nc1I. The molecule has 0 amide bonds. The highest BCUT2D eigenvalue weighted by atomic mass is 127. The summed E-state index contributed by atoms with van der Waals surface area (Å²) in [5, 5.41) is 8.68. The first kappa shape index (κ1) is 13.9. The number of pyridine rings is 1. The number of carboxylic acid groups (broad SMARTS) is 1. The first-order chi connectivity index (χ1) is 7.74. The van der Waals surface area contributed by atoms with Gasteiger partial charge in [0.15, 0.2) is 5.75 Å². The van der Waals surface area contributed by atoms with E-state index in [1.165, 1.54) is 22.6 Å². The van der Waals surface area contributed by atoms with Gasteiger partial charge in [-0.1, -0.05) is 0 Å². The predicted octanol–water partition coefficient (Wildman–Crippen LogP) is 2.75. The summed E-state index contributed by atoms with van der Waals surface area (Å²) in [5.74, 6) is -2.42. The monoisotopic (exact) mass is 365 g/mol. The lowest BCUT2D eigenvalue weighted by molar-refractivity contribution is -0.275. The molecule has 1 rings (SSSR count). The lowest BCUT2D eigenvalue weighted by atomic mass is 10.2. The molecule has 0 radical (unpaired) electrons. The van der Waals surface area contributed by atoms with Crippen molar-refractivity contribution < 1.29 is 32.2 Å². The van der Waals surface area contributed by atoms with E-state index in [1.807, 2.05) is 0 Å². The van der Waals surface area contributed by atoms with Gasteiger partial charge in [0.2, 0.25) is 0 Å². The van der Waals surface area contributed by atoms with Gasteiger partial charge in [0.1, 0.15) is 16.1 Å². The second kappa shape index (κ2) is 5.02. The van der Waals surface area contributed by atoms with Gasteiger partial charge in [-0.25, -0.2) is 14.2 Å². The molecule has 9 heteroatoms. The molecule has 17 heavy (non-hydrogen) atoms. The molecule has 0 bridgehead atoms. The summed E-state index contributed by atoms with van der Waals surface area (Å²) in [7, 11) is 0. The van der Waals surface area contributed by atoms with E-state index >= 15 is 0 Å². The number of rotatable bonds is 3. The third-order valence-corrected chi connectivity index (χ3v) is 2.42. The Bertz CT molecular complexity index is 449. The Morgan fingerprint density at radius 1 is 1.53 bits per heavy atom. The molecule has 0 unspecified atom stereocenters. The van der Waals surface area contributed by atoms with Crippen LogP contribution in [-0.2, 0) is 6.67 Å². The fourth-order valence-electron chi connectivity index (χ4n) is 0.967. The average Bonchev–Trinajstić information content (AvgIpc) is 2.17. The van der Waals surface area contributed by atoms with Crippen LogP contribution in [0.3, 0.4) is 0 Å². The summed E-state index contributed by atoms with van der Waals surface area (Å²) in [5.41, 5.74) is -1.08. The Morgan fingerprint density at radius 2 is 2.12 bits per heavy atom. The van der Waals surface area contributed by atoms with Crippen LogP contribution in [0.5, 0.6) is 5.75 Å². The zero-order valence-electron chi connectivity index (χ0n) is 7.89. The Morgan fingerprint density at radius 3 is 2.53 bits per heavy atom. The van der Waals surface area contributed by atoms with Crippen LogP contribution in [0.25, 0.3) is 0 Å². The molecule has 0 atom stereocenters. The van der Waals surface area contributed by atoms with Gasteiger partial charge >= 0.3 is 12.3 Å². The van der Waals surface area contributed by atoms with E-state index in [4.69, 9.17) is 5.11 Å². The van der Waals surface area contributed by atoms with Crippen molar-refractivity contribution in [3.63, 3.8) is 0 Å². The number of nitrogens with zero attached hydrogens (tertiary/aromatic N) is 1. The number of hydrogen-bond donors (Lipinski definition) is 1. The van der Waals surface area contributed by atoms with Crippen molar-refractivity contribution in [1.29, 1.82) is 0 Å². The van der Waals surface area contributed by atoms with Gasteiger partial charge in [0, 0.05) is 0 Å². The number of aromatic nitrogens is 1. The molecule has 0 spiro atoms. The summed E-state index contributed by atoms with van der Waals surface area (Å²) in [6.07, 6.45) is -5.03. The molecular formula is C8H4F4INO3. The summed E-state index contributed by atoms with van der Waals surface area (Å²) in [6.45, 7) is -1.29. The van der Waals surface area contributed by atoms with E-state index in [0.717, 1.165) is 0 Å². The minimum Gasteiger partial charge on any atom is -0.478 e. The van der Waals surface area contributed by atoms with Crippen molar-refractivity contribution in [3.05, 3.63) is 21.0 Å². The molecule has 0 aliphatic heterocycles. The minimum atomic E-state index is -5.03. The van der Waals surface area contributed by atoms with E-state index in [2.05, 4.69) is 9.72 Å². The fourth-order valence-corrected chi connectivity index (χ4v) is 1.64. The highest BCUT2D eigenvalue weighted by molar-refractivity contribution is 14.1. The number of carbonyl (C=O) groups is 1. The van der Waals surface area contributed by atoms with Crippen LogP contribution in [0.1, 0.15) is 16.1 Å². The van der Waals surface area contributed by atoms with Gasteiger partial charge in [-0.15, -0.1) is 13.2 Å². The Kier molecular flexibility index (Phi) is 4.11. The summed E-state index contributed by atoms with van der Waals surface area (Å²) >= 11 is 1.48. The van der Waals surface area contributed by atoms with Gasteiger partial charge in [0.05, 0.1) is 5.56 Å². The van der Waals surface area contributed by atoms with Crippen LogP contribution in [0.2, 0.25) is 0 Å². The largest absolute Gasteiger partial charge is 0.573 e. The normalized spacial score (nSPS) is 11.4. The lowest BCUT2D eigenvalue weighted by Crippen LogP contribution is -2.19. The van der Waals surface area contributed by atoms with Crippen molar-refractivity contribution >= 4 is 28.6 Å². The molecule has 0 aliphatic carbocycles. The molecule has 1 aromatic rings. The number of alkyl halides is 4. The predicted molar refractivity (Wildman–Crippen MR) is 55.4 cm³/mol. The molecule has 0 saturated carbocycles. The molecule has 1 aromatic heterocycles. The topological polar surface area (TPSA) is 59.4 Å². The first-order valence-corrected chi connectivity index (χ1v) is 5.07. The van der Waals surface area contributed by atoms with E-state index in [0.29, 0.717) is 6.07 Å². The summed E-state index contributed by atoms with van der Waals surface area (Å²) in [6, 6.07) is 0.597. The van der Waals surface area contributed by atoms with Gasteiger partial charge < -0.3 is 9.84 Å². The zero-order valence-corrected chi connectivity index (χ0v) is 10.0. The van der Waals surface area contributed by atoms with Crippen molar-refractivity contribution in [2.75, 3.05) is 0 Å². The van der Waals surface area contributed by atoms with Crippen molar-refractivity contribution in [2.45, 2.75) is 13.0 Å². The molecule has 4 nitrogen and oxygen atoms in total. The maximum absolute atomic E-state index is 12.4. The van der Waals surface area contributed by atoms with Gasteiger partial charge in [0.25, 0.3) is 0 Å². The number of halogens is 5. The van der Waals surface area contributed by atoms with Gasteiger partial charge in [-0.2, -0.15) is 0 Å². The van der Waals surface area contributed by atoms with Crippen molar-refractivity contribution in [1.82, 2.24) is 4.98 Å². The summed E-state index contributed by atoms with van der Waals surface area (Å²) in [4.78, 5) is 14.1. The Labute approximate surface area is 106 Å². The average molecular weight is 365 g/mol. The van der Waals surface area contributed by atoms with Crippen LogP contribution in [0.4, 0.5) is 17.6 Å². The second-order valence-corrected chi connectivity index (χ2v) is 3.78. The number of aromatic carboxylic acids is 1. The van der Waals surface area contributed by atoms with Gasteiger partial charge in [-0.05, 0) is 28.7 Å². The molecule has 0 aliphatic rings. The van der Waals surface area contributed by atoms with Gasteiger partial charge in [-0.3, -0.25) is 0 Å². The van der Waals surface area contributed by atoms with Crippen LogP contribution >= 0.6 is 22.6 Å². The van der Waals surface area contributed by atoms with Crippen LogP contribution in [0, 0.1) is 3.70 Å². The number of carboxylic acids is 1. The molecule has 0 saturated heterocycles. The number of ether oxygens (including phenoxy) is 1. The van der Waals surface area contributed by atoms with Crippen molar-refractivity contribution in [2.24, 2.45) is 0 Å². The van der Waals surface area contributed by atoms with Crippen molar-refractivity contribution in [3.8, 4) is 5.75 Å².